The minimum absolute atomic E-state index is 0.0910. The van der Waals surface area contributed by atoms with Gasteiger partial charge >= 0.3 is 0 Å². The summed E-state index contributed by atoms with van der Waals surface area (Å²) in [5.74, 6) is 0.0910. The maximum Gasteiger partial charge on any atom is 0.231 e. The molecule has 1 saturated carbocycles. The summed E-state index contributed by atoms with van der Waals surface area (Å²) in [6, 6.07) is 12.5. The van der Waals surface area contributed by atoms with Gasteiger partial charge in [0.15, 0.2) is 6.29 Å². The van der Waals surface area contributed by atoms with Crippen molar-refractivity contribution in [1.82, 2.24) is 5.32 Å². The summed E-state index contributed by atoms with van der Waals surface area (Å²) in [5, 5.41) is 5.58. The Bertz CT molecular complexity index is 791. The number of hydrogen-bond donors (Lipinski definition) is 1. The number of carbonyl (C=O) groups is 1. The topological polar surface area (TPSA) is 47.6 Å². The summed E-state index contributed by atoms with van der Waals surface area (Å²) in [5.41, 5.74) is 1.88. The molecule has 4 nitrogen and oxygen atoms in total. The second-order valence-corrected chi connectivity index (χ2v) is 7.72. The van der Waals surface area contributed by atoms with Crippen LogP contribution in [-0.4, -0.2) is 32.5 Å². The smallest absolute Gasteiger partial charge is 0.231 e. The van der Waals surface area contributed by atoms with Crippen molar-refractivity contribution in [3.63, 3.8) is 0 Å². The molecule has 0 bridgehead atoms. The average molecular weight is 370 g/mol. The third-order valence-electron chi connectivity index (χ3n) is 5.99. The molecule has 1 atom stereocenters. The molecule has 1 fully saturated rings. The number of ether oxygens (including phenoxy) is 2. The van der Waals surface area contributed by atoms with Gasteiger partial charge in [-0.2, -0.15) is 0 Å². The molecular formula is C23H31NO3. The molecule has 146 valence electrons. The first-order valence-corrected chi connectivity index (χ1v) is 9.89. The Morgan fingerprint density at radius 1 is 1.04 bits per heavy atom. The summed E-state index contributed by atoms with van der Waals surface area (Å²) < 4.78 is 10.7. The first-order chi connectivity index (χ1) is 13.0. The Balaban J connectivity index is 2.06. The molecule has 0 saturated heterocycles. The predicted octanol–water partition coefficient (Wildman–Crippen LogP) is 4.47. The van der Waals surface area contributed by atoms with Crippen LogP contribution >= 0.6 is 0 Å². The van der Waals surface area contributed by atoms with Crippen molar-refractivity contribution < 1.29 is 14.3 Å². The van der Waals surface area contributed by atoms with Crippen molar-refractivity contribution in [2.24, 2.45) is 0 Å². The number of amides is 1. The Morgan fingerprint density at radius 3 is 2.37 bits per heavy atom. The van der Waals surface area contributed by atoms with Crippen molar-refractivity contribution in [3.8, 4) is 0 Å². The number of methoxy groups -OCH3 is 2. The molecule has 0 aromatic heterocycles. The van der Waals surface area contributed by atoms with Crippen molar-refractivity contribution in [2.45, 2.75) is 63.7 Å². The zero-order valence-corrected chi connectivity index (χ0v) is 16.9. The lowest BCUT2D eigenvalue weighted by atomic mass is 9.66. The van der Waals surface area contributed by atoms with Crippen molar-refractivity contribution in [3.05, 3.63) is 47.5 Å². The van der Waals surface area contributed by atoms with Gasteiger partial charge < -0.3 is 14.8 Å². The molecule has 1 aliphatic rings. The Hall–Kier alpha value is -1.91. The highest BCUT2D eigenvalue weighted by Gasteiger charge is 2.43. The van der Waals surface area contributed by atoms with Gasteiger partial charge in [-0.25, -0.2) is 0 Å². The zero-order valence-electron chi connectivity index (χ0n) is 16.9. The van der Waals surface area contributed by atoms with Gasteiger partial charge in [0.05, 0.1) is 11.5 Å². The maximum atomic E-state index is 13.6. The molecule has 0 spiro atoms. The molecule has 2 aromatic carbocycles. The van der Waals surface area contributed by atoms with Gasteiger partial charge in [-0.05, 0) is 48.6 Å². The molecule has 1 unspecified atom stereocenters. The molecule has 1 amide bonds. The van der Waals surface area contributed by atoms with Crippen LogP contribution in [0.4, 0.5) is 0 Å². The lowest BCUT2D eigenvalue weighted by Crippen LogP contribution is -2.52. The Morgan fingerprint density at radius 2 is 1.70 bits per heavy atom. The van der Waals surface area contributed by atoms with E-state index in [9.17, 15) is 4.79 Å². The van der Waals surface area contributed by atoms with E-state index in [-0.39, 0.29) is 11.9 Å². The first-order valence-electron chi connectivity index (χ1n) is 9.89. The largest absolute Gasteiger partial charge is 0.354 e. The normalized spacial score (nSPS) is 17.8. The Kier molecular flexibility index (Phi) is 6.18. The van der Waals surface area contributed by atoms with E-state index in [0.717, 1.165) is 25.7 Å². The van der Waals surface area contributed by atoms with E-state index in [1.807, 2.05) is 6.92 Å². The van der Waals surface area contributed by atoms with Gasteiger partial charge in [-0.15, -0.1) is 0 Å². The lowest BCUT2D eigenvalue weighted by Gasteiger charge is -2.39. The SMILES string of the molecule is COC(OC)C(C)NC(=O)C1(c2c(C)ccc3ccccc23)CCCCC1. The van der Waals surface area contributed by atoms with Crippen LogP contribution < -0.4 is 5.32 Å². The summed E-state index contributed by atoms with van der Waals surface area (Å²) >= 11 is 0. The van der Waals surface area contributed by atoms with E-state index in [1.54, 1.807) is 14.2 Å². The van der Waals surface area contributed by atoms with Crippen LogP contribution in [0.5, 0.6) is 0 Å². The minimum Gasteiger partial charge on any atom is -0.354 e. The molecule has 3 rings (SSSR count). The number of benzene rings is 2. The van der Waals surface area contributed by atoms with E-state index in [1.165, 1.54) is 28.3 Å². The number of fused-ring (bicyclic) bond motifs is 1. The van der Waals surface area contributed by atoms with Crippen LogP contribution in [0.15, 0.2) is 36.4 Å². The van der Waals surface area contributed by atoms with Gasteiger partial charge in [-0.3, -0.25) is 4.79 Å². The average Bonchev–Trinajstić information content (AvgIpc) is 2.69. The fraction of sp³-hybridized carbons (Fsp3) is 0.522. The summed E-state index contributed by atoms with van der Waals surface area (Å²) in [4.78, 5) is 13.6. The number of hydrogen-bond acceptors (Lipinski definition) is 3. The van der Waals surface area contributed by atoms with E-state index in [0.29, 0.717) is 0 Å². The van der Waals surface area contributed by atoms with Crippen molar-refractivity contribution in [1.29, 1.82) is 0 Å². The molecule has 1 aliphatic carbocycles. The van der Waals surface area contributed by atoms with Gasteiger partial charge in [0, 0.05) is 14.2 Å². The number of nitrogens with one attached hydrogen (secondary N) is 1. The number of rotatable bonds is 6. The number of carbonyl (C=O) groups excluding carboxylic acids is 1. The van der Waals surface area contributed by atoms with Gasteiger partial charge in [-0.1, -0.05) is 55.7 Å². The summed E-state index contributed by atoms with van der Waals surface area (Å²) in [6.07, 6.45) is 4.64. The number of aryl methyl sites for hydroxylation is 1. The molecule has 27 heavy (non-hydrogen) atoms. The van der Waals surface area contributed by atoms with Crippen LogP contribution in [0.3, 0.4) is 0 Å². The fourth-order valence-electron chi connectivity index (χ4n) is 4.68. The van der Waals surface area contributed by atoms with Gasteiger partial charge in [0.25, 0.3) is 0 Å². The van der Waals surface area contributed by atoms with Gasteiger partial charge in [0.1, 0.15) is 0 Å². The zero-order chi connectivity index (χ0) is 19.4. The highest BCUT2D eigenvalue weighted by Crippen LogP contribution is 2.44. The molecule has 1 N–H and O–H groups in total. The molecule has 4 heteroatoms. The monoisotopic (exact) mass is 369 g/mol. The second kappa shape index (κ2) is 8.41. The van der Waals surface area contributed by atoms with E-state index in [4.69, 9.17) is 9.47 Å². The van der Waals surface area contributed by atoms with Crippen molar-refractivity contribution in [2.75, 3.05) is 14.2 Å². The molecule has 0 heterocycles. The van der Waals surface area contributed by atoms with Gasteiger partial charge in [0.2, 0.25) is 5.91 Å². The molecule has 0 aliphatic heterocycles. The van der Waals surface area contributed by atoms with E-state index < -0.39 is 11.7 Å². The molecule has 2 aromatic rings. The van der Waals surface area contributed by atoms with E-state index in [2.05, 4.69) is 48.6 Å². The minimum atomic E-state index is -0.497. The van der Waals surface area contributed by atoms with Crippen LogP contribution in [-0.2, 0) is 19.7 Å². The highest BCUT2D eigenvalue weighted by atomic mass is 16.7. The fourth-order valence-corrected chi connectivity index (χ4v) is 4.68. The standard InChI is InChI=1S/C23H31NO3/c1-16-12-13-18-10-6-7-11-19(18)20(16)23(14-8-5-9-15-23)22(25)24-17(2)21(26-3)27-4/h6-7,10-13,17,21H,5,8-9,14-15H2,1-4H3,(H,24,25). The second-order valence-electron chi connectivity index (χ2n) is 7.72. The van der Waals surface area contributed by atoms with E-state index >= 15 is 0 Å². The Labute approximate surface area is 162 Å². The third kappa shape index (κ3) is 3.74. The summed E-state index contributed by atoms with van der Waals surface area (Å²) in [7, 11) is 3.20. The van der Waals surface area contributed by atoms with Crippen LogP contribution in [0, 0.1) is 6.92 Å². The highest BCUT2D eigenvalue weighted by molar-refractivity contribution is 5.97. The quantitative estimate of drug-likeness (QED) is 0.764. The molecule has 0 radical (unpaired) electrons. The van der Waals surface area contributed by atoms with Crippen LogP contribution in [0.1, 0.15) is 50.2 Å². The van der Waals surface area contributed by atoms with Crippen molar-refractivity contribution >= 4 is 16.7 Å². The lowest BCUT2D eigenvalue weighted by molar-refractivity contribution is -0.140. The molecular weight excluding hydrogens is 338 g/mol. The first kappa shape index (κ1) is 19.8. The van der Waals surface area contributed by atoms with Crippen LogP contribution in [0.25, 0.3) is 10.8 Å². The maximum absolute atomic E-state index is 13.6. The summed E-state index contributed by atoms with van der Waals surface area (Å²) in [6.45, 7) is 4.06. The predicted molar refractivity (Wildman–Crippen MR) is 109 cm³/mol. The third-order valence-corrected chi connectivity index (χ3v) is 5.99. The van der Waals surface area contributed by atoms with Crippen LogP contribution in [0.2, 0.25) is 0 Å².